The minimum absolute atomic E-state index is 0.0536. The molecular weight excluding hydrogens is 361 g/mol. The maximum absolute atomic E-state index is 13.4. The number of methoxy groups -OCH3 is 1. The molecule has 28 heavy (non-hydrogen) atoms. The van der Waals surface area contributed by atoms with Crippen LogP contribution < -0.4 is 9.64 Å². The number of carbonyl (C=O) groups is 1. The number of benzene rings is 1. The van der Waals surface area contributed by atoms with Crippen LogP contribution in [0.25, 0.3) is 0 Å². The Bertz CT molecular complexity index is 796. The highest BCUT2D eigenvalue weighted by atomic mass is 19.1. The molecule has 2 heterocycles. The highest BCUT2D eigenvalue weighted by Gasteiger charge is 2.23. The molecule has 0 atom stereocenters. The Balaban J connectivity index is 1.52. The van der Waals surface area contributed by atoms with Gasteiger partial charge in [-0.05, 0) is 24.6 Å². The number of aromatic nitrogens is 2. The zero-order valence-corrected chi connectivity index (χ0v) is 16.3. The Morgan fingerprint density at radius 2 is 2.04 bits per heavy atom. The molecule has 1 saturated heterocycles. The summed E-state index contributed by atoms with van der Waals surface area (Å²) in [5, 5.41) is 0. The van der Waals surface area contributed by atoms with Gasteiger partial charge in [-0.1, -0.05) is 12.1 Å². The lowest BCUT2D eigenvalue weighted by atomic mass is 10.2. The fourth-order valence-electron chi connectivity index (χ4n) is 3.23. The summed E-state index contributed by atoms with van der Waals surface area (Å²) < 4.78 is 18.5. The van der Waals surface area contributed by atoms with Gasteiger partial charge < -0.3 is 14.5 Å². The molecule has 8 heteroatoms. The predicted molar refractivity (Wildman–Crippen MR) is 105 cm³/mol. The van der Waals surface area contributed by atoms with Gasteiger partial charge in [0.05, 0.1) is 13.7 Å². The molecule has 0 radical (unpaired) electrons. The largest absolute Gasteiger partial charge is 0.481 e. The normalized spacial score (nSPS) is 14.8. The molecule has 0 bridgehead atoms. The predicted octanol–water partition coefficient (Wildman–Crippen LogP) is 1.79. The minimum atomic E-state index is -0.281. The number of hydrogen-bond donors (Lipinski definition) is 0. The van der Waals surface area contributed by atoms with Crippen LogP contribution in [0.15, 0.2) is 36.5 Å². The van der Waals surface area contributed by atoms with E-state index in [2.05, 4.69) is 19.8 Å². The minimum Gasteiger partial charge on any atom is -0.481 e. The summed E-state index contributed by atoms with van der Waals surface area (Å²) in [4.78, 5) is 27.3. The second kappa shape index (κ2) is 9.45. The zero-order chi connectivity index (χ0) is 19.9. The quantitative estimate of drug-likeness (QED) is 0.722. The lowest BCUT2D eigenvalue weighted by Crippen LogP contribution is -2.50. The smallest absolute Gasteiger partial charge is 0.237 e. The van der Waals surface area contributed by atoms with Gasteiger partial charge in [-0.2, -0.15) is 4.98 Å². The first-order chi connectivity index (χ1) is 13.6. The zero-order valence-electron chi connectivity index (χ0n) is 16.3. The van der Waals surface area contributed by atoms with Crippen LogP contribution in [0.3, 0.4) is 0 Å². The molecule has 1 aliphatic heterocycles. The van der Waals surface area contributed by atoms with Crippen LogP contribution in [-0.2, 0) is 11.3 Å². The van der Waals surface area contributed by atoms with E-state index in [-0.39, 0.29) is 11.7 Å². The molecular formula is C20H26FN5O2. The Hall–Kier alpha value is -2.74. The first kappa shape index (κ1) is 20.0. The number of ether oxygens (including phenoxy) is 1. The van der Waals surface area contributed by atoms with Crippen LogP contribution in [0.2, 0.25) is 0 Å². The van der Waals surface area contributed by atoms with E-state index >= 15 is 0 Å². The van der Waals surface area contributed by atoms with E-state index in [0.29, 0.717) is 31.5 Å². The first-order valence-electron chi connectivity index (χ1n) is 9.45. The highest BCUT2D eigenvalue weighted by Crippen LogP contribution is 2.15. The number of likely N-dealkylation sites (N-methyl/N-ethyl adjacent to an activating group) is 1. The molecule has 0 saturated carbocycles. The number of nitrogens with zero attached hydrogens (tertiary/aromatic N) is 5. The molecule has 2 aromatic rings. The van der Waals surface area contributed by atoms with Crippen molar-refractivity contribution < 1.29 is 13.9 Å². The molecule has 0 unspecified atom stereocenters. The van der Waals surface area contributed by atoms with Crippen molar-refractivity contribution in [1.82, 2.24) is 19.8 Å². The topological polar surface area (TPSA) is 61.8 Å². The average Bonchev–Trinajstić information content (AvgIpc) is 2.72. The van der Waals surface area contributed by atoms with Crippen LogP contribution in [0, 0.1) is 5.82 Å². The lowest BCUT2D eigenvalue weighted by molar-refractivity contribution is -0.132. The van der Waals surface area contributed by atoms with E-state index < -0.39 is 0 Å². The van der Waals surface area contributed by atoms with Crippen LogP contribution in [0.4, 0.5) is 10.3 Å². The Morgan fingerprint density at radius 3 is 2.71 bits per heavy atom. The van der Waals surface area contributed by atoms with Gasteiger partial charge in [0.1, 0.15) is 5.82 Å². The van der Waals surface area contributed by atoms with Gasteiger partial charge in [0.15, 0.2) is 0 Å². The van der Waals surface area contributed by atoms with Crippen molar-refractivity contribution >= 4 is 11.9 Å². The Kier molecular flexibility index (Phi) is 6.76. The maximum atomic E-state index is 13.4. The van der Waals surface area contributed by atoms with Crippen LogP contribution in [-0.4, -0.2) is 72.1 Å². The molecule has 1 amide bonds. The van der Waals surface area contributed by atoms with Crippen molar-refractivity contribution in [3.8, 4) is 5.88 Å². The molecule has 7 nitrogen and oxygen atoms in total. The first-order valence-corrected chi connectivity index (χ1v) is 9.45. The number of carbonyl (C=O) groups excluding carboxylic acids is 1. The second-order valence-corrected chi connectivity index (χ2v) is 6.70. The summed E-state index contributed by atoms with van der Waals surface area (Å²) in [6.45, 7) is 6.31. The monoisotopic (exact) mass is 387 g/mol. The molecule has 1 aliphatic rings. The van der Waals surface area contributed by atoms with Crippen LogP contribution in [0.1, 0.15) is 12.5 Å². The third kappa shape index (κ3) is 5.16. The molecule has 150 valence electrons. The fraction of sp³-hybridized carbons (Fsp3) is 0.450. The molecule has 1 aromatic heterocycles. The number of rotatable bonds is 7. The van der Waals surface area contributed by atoms with Crippen molar-refractivity contribution in [3.05, 3.63) is 47.9 Å². The van der Waals surface area contributed by atoms with E-state index in [1.54, 1.807) is 30.3 Å². The summed E-state index contributed by atoms with van der Waals surface area (Å²) in [5.41, 5.74) is 0.801. The fourth-order valence-corrected chi connectivity index (χ4v) is 3.23. The molecule has 0 N–H and O–H groups in total. The Morgan fingerprint density at radius 1 is 1.25 bits per heavy atom. The van der Waals surface area contributed by atoms with Gasteiger partial charge >= 0.3 is 0 Å². The van der Waals surface area contributed by atoms with E-state index in [0.717, 1.165) is 31.7 Å². The van der Waals surface area contributed by atoms with Gasteiger partial charge in [0.2, 0.25) is 17.7 Å². The standard InChI is InChI=1S/C20H26FN5O2/c1-3-25(14-16-5-4-6-17(21)13-16)19(27)15-24-9-11-26(12-10-24)20-22-8-7-18(23-20)28-2/h4-8,13H,3,9-12,14-15H2,1-2H3. The van der Waals surface area contributed by atoms with Gasteiger partial charge in [0.25, 0.3) is 0 Å². The number of amides is 1. The number of piperazine rings is 1. The van der Waals surface area contributed by atoms with Gasteiger partial charge in [0, 0.05) is 51.5 Å². The molecule has 3 rings (SSSR count). The van der Waals surface area contributed by atoms with Crippen molar-refractivity contribution in [2.45, 2.75) is 13.5 Å². The van der Waals surface area contributed by atoms with Crippen LogP contribution >= 0.6 is 0 Å². The van der Waals surface area contributed by atoms with Gasteiger partial charge in [-0.3, -0.25) is 9.69 Å². The van der Waals surface area contributed by atoms with Gasteiger partial charge in [-0.25, -0.2) is 9.37 Å². The number of halogens is 1. The lowest BCUT2D eigenvalue weighted by Gasteiger charge is -2.35. The average molecular weight is 387 g/mol. The van der Waals surface area contributed by atoms with E-state index in [4.69, 9.17) is 4.74 Å². The van der Waals surface area contributed by atoms with Crippen molar-refractivity contribution in [3.63, 3.8) is 0 Å². The van der Waals surface area contributed by atoms with Gasteiger partial charge in [-0.15, -0.1) is 0 Å². The SMILES string of the molecule is CCN(Cc1cccc(F)c1)C(=O)CN1CCN(c2nccc(OC)n2)CC1. The summed E-state index contributed by atoms with van der Waals surface area (Å²) >= 11 is 0. The van der Waals surface area contributed by atoms with Crippen molar-refractivity contribution in [2.24, 2.45) is 0 Å². The number of anilines is 1. The second-order valence-electron chi connectivity index (χ2n) is 6.70. The van der Waals surface area contributed by atoms with E-state index in [1.165, 1.54) is 12.1 Å². The summed E-state index contributed by atoms with van der Waals surface area (Å²) in [5.74, 6) is 0.958. The number of hydrogen-bond acceptors (Lipinski definition) is 6. The molecule has 1 fully saturated rings. The molecule has 1 aromatic carbocycles. The maximum Gasteiger partial charge on any atom is 0.237 e. The molecule has 0 spiro atoms. The van der Waals surface area contributed by atoms with E-state index in [1.807, 2.05) is 13.0 Å². The van der Waals surface area contributed by atoms with Crippen molar-refractivity contribution in [1.29, 1.82) is 0 Å². The third-order valence-corrected chi connectivity index (χ3v) is 4.84. The third-order valence-electron chi connectivity index (χ3n) is 4.84. The van der Waals surface area contributed by atoms with Crippen molar-refractivity contribution in [2.75, 3.05) is 51.3 Å². The summed E-state index contributed by atoms with van der Waals surface area (Å²) in [6.07, 6.45) is 1.68. The molecule has 0 aliphatic carbocycles. The summed E-state index contributed by atoms with van der Waals surface area (Å²) in [6, 6.07) is 8.11. The summed E-state index contributed by atoms with van der Waals surface area (Å²) in [7, 11) is 1.58. The Labute approximate surface area is 164 Å². The van der Waals surface area contributed by atoms with Crippen LogP contribution in [0.5, 0.6) is 5.88 Å². The van der Waals surface area contributed by atoms with E-state index in [9.17, 15) is 9.18 Å². The highest BCUT2D eigenvalue weighted by molar-refractivity contribution is 5.78.